The van der Waals surface area contributed by atoms with Gasteiger partial charge in [-0.15, -0.1) is 0 Å². The molecule has 28 heavy (non-hydrogen) atoms. The Balaban J connectivity index is 1.90. The van der Waals surface area contributed by atoms with Crippen LogP contribution in [0, 0.1) is 0 Å². The molecular weight excluding hydrogens is 364 g/mol. The number of fused-ring (bicyclic) bond motifs is 1. The van der Waals surface area contributed by atoms with Crippen LogP contribution < -0.4 is 43.0 Å². The predicted molar refractivity (Wildman–Crippen MR) is 104 cm³/mol. The zero-order chi connectivity index (χ0) is 20.3. The molecule has 12 N–H and O–H groups in total. The molecule has 0 aromatic heterocycles. The zero-order valence-electron chi connectivity index (χ0n) is 14.9. The van der Waals surface area contributed by atoms with Gasteiger partial charge in [0, 0.05) is 5.56 Å². The summed E-state index contributed by atoms with van der Waals surface area (Å²) in [4.78, 5) is 0. The van der Waals surface area contributed by atoms with E-state index in [1.54, 1.807) is 30.5 Å². The first-order valence-electron chi connectivity index (χ1n) is 8.53. The Hall–Kier alpha value is -3.02. The molecule has 3 rings (SSSR count). The van der Waals surface area contributed by atoms with Crippen LogP contribution in [0.15, 0.2) is 42.6 Å². The molecule has 2 atom stereocenters. The van der Waals surface area contributed by atoms with E-state index in [4.69, 9.17) is 32.4 Å². The lowest BCUT2D eigenvalue weighted by Gasteiger charge is -2.35. The second-order valence-electron chi connectivity index (χ2n) is 6.25. The zero-order valence-corrected chi connectivity index (χ0v) is 14.9. The van der Waals surface area contributed by atoms with Crippen molar-refractivity contribution in [1.82, 2.24) is 10.6 Å². The molecule has 0 radical (unpaired) electrons. The van der Waals surface area contributed by atoms with Crippen molar-refractivity contribution < 1.29 is 19.7 Å². The fourth-order valence-corrected chi connectivity index (χ4v) is 2.74. The summed E-state index contributed by atoms with van der Waals surface area (Å²) < 4.78 is 12.1. The summed E-state index contributed by atoms with van der Waals surface area (Å²) >= 11 is 0. The number of hydrogen-bond acceptors (Lipinski definition) is 10. The molecule has 2 unspecified atom stereocenters. The highest BCUT2D eigenvalue weighted by molar-refractivity contribution is 5.56. The Morgan fingerprint density at radius 3 is 2.36 bits per heavy atom. The molecule has 0 bridgehead atoms. The predicted octanol–water partition coefficient (Wildman–Crippen LogP) is -0.512. The average Bonchev–Trinajstić information content (AvgIpc) is 2.63. The third-order valence-electron chi connectivity index (χ3n) is 4.00. The fourth-order valence-electron chi connectivity index (χ4n) is 2.74. The van der Waals surface area contributed by atoms with Gasteiger partial charge >= 0.3 is 0 Å². The van der Waals surface area contributed by atoms with Crippen LogP contribution in [0.25, 0.3) is 6.08 Å². The first-order valence-corrected chi connectivity index (χ1v) is 8.53. The van der Waals surface area contributed by atoms with E-state index < -0.39 is 24.9 Å². The van der Waals surface area contributed by atoms with E-state index in [0.717, 1.165) is 5.56 Å². The summed E-state index contributed by atoms with van der Waals surface area (Å²) in [5.74, 6) is 0.473. The number of phenols is 2. The van der Waals surface area contributed by atoms with E-state index >= 15 is 0 Å². The van der Waals surface area contributed by atoms with Crippen molar-refractivity contribution in [2.45, 2.75) is 24.9 Å². The quantitative estimate of drug-likeness (QED) is 0.236. The monoisotopic (exact) mass is 388 g/mol. The molecule has 2 aromatic carbocycles. The maximum atomic E-state index is 9.83. The highest BCUT2D eigenvalue weighted by Crippen LogP contribution is 2.41. The van der Waals surface area contributed by atoms with E-state index in [2.05, 4.69) is 10.6 Å². The van der Waals surface area contributed by atoms with Gasteiger partial charge in [-0.2, -0.15) is 0 Å². The van der Waals surface area contributed by atoms with Gasteiger partial charge in [-0.1, -0.05) is 12.1 Å². The summed E-state index contributed by atoms with van der Waals surface area (Å²) in [5.41, 5.74) is 23.5. The Morgan fingerprint density at radius 2 is 1.68 bits per heavy atom. The van der Waals surface area contributed by atoms with E-state index in [-0.39, 0.29) is 11.5 Å². The maximum Gasteiger partial charge on any atom is 0.194 e. The highest BCUT2D eigenvalue weighted by atomic mass is 16.6. The summed E-state index contributed by atoms with van der Waals surface area (Å²) in [7, 11) is 0. The summed E-state index contributed by atoms with van der Waals surface area (Å²) in [6.45, 7) is 0. The topological polar surface area (TPSA) is 187 Å². The molecule has 0 amide bonds. The van der Waals surface area contributed by atoms with Crippen LogP contribution in [0.4, 0.5) is 0 Å². The number of benzene rings is 2. The smallest absolute Gasteiger partial charge is 0.194 e. The first-order chi connectivity index (χ1) is 13.3. The van der Waals surface area contributed by atoms with Crippen molar-refractivity contribution in [2.24, 2.45) is 22.9 Å². The number of phenolic OH excluding ortho intramolecular Hbond substituents is 2. The lowest BCUT2D eigenvalue weighted by atomic mass is 10.1. The maximum absolute atomic E-state index is 9.83. The van der Waals surface area contributed by atoms with Crippen LogP contribution in [-0.2, 0) is 0 Å². The summed E-state index contributed by atoms with van der Waals surface area (Å²) in [6.07, 6.45) is 0.504. The number of aromatic hydroxyl groups is 2. The largest absolute Gasteiger partial charge is 0.504 e. The van der Waals surface area contributed by atoms with Gasteiger partial charge in [0.05, 0.1) is 0 Å². The van der Waals surface area contributed by atoms with Gasteiger partial charge in [0.15, 0.2) is 35.3 Å². The van der Waals surface area contributed by atoms with Crippen LogP contribution in [-0.4, -0.2) is 29.0 Å². The van der Waals surface area contributed by atoms with Crippen LogP contribution in [0.3, 0.4) is 0 Å². The second-order valence-corrected chi connectivity index (χ2v) is 6.25. The number of ether oxygens (including phenoxy) is 2. The lowest BCUT2D eigenvalue weighted by molar-refractivity contribution is -0.00678. The Bertz CT molecular complexity index is 858. The van der Waals surface area contributed by atoms with E-state index in [1.165, 1.54) is 12.1 Å². The molecule has 0 saturated carbocycles. The van der Waals surface area contributed by atoms with Crippen molar-refractivity contribution in [1.29, 1.82) is 0 Å². The molecule has 1 heterocycles. The van der Waals surface area contributed by atoms with Crippen molar-refractivity contribution in [3.63, 3.8) is 0 Å². The summed E-state index contributed by atoms with van der Waals surface area (Å²) in [5, 5.41) is 25.0. The Kier molecular flexibility index (Phi) is 5.87. The van der Waals surface area contributed by atoms with Gasteiger partial charge in [-0.25, -0.2) is 0 Å². The van der Waals surface area contributed by atoms with Gasteiger partial charge in [-0.3, -0.25) is 16.8 Å². The Labute approximate surface area is 161 Å². The molecule has 0 spiro atoms. The summed E-state index contributed by atoms with van der Waals surface area (Å²) in [6, 6.07) is 9.72. The molecular formula is C18H24N6O4. The number of nitrogens with one attached hydrogen (secondary N) is 2. The lowest BCUT2D eigenvalue weighted by Crippen LogP contribution is -2.55. The van der Waals surface area contributed by atoms with Crippen LogP contribution in [0.1, 0.15) is 17.2 Å². The fraction of sp³-hybridized carbons (Fsp3) is 0.222. The molecule has 10 heteroatoms. The molecule has 0 saturated heterocycles. The Morgan fingerprint density at radius 1 is 0.893 bits per heavy atom. The van der Waals surface area contributed by atoms with Crippen LogP contribution in [0.2, 0.25) is 0 Å². The van der Waals surface area contributed by atoms with Gasteiger partial charge < -0.3 is 36.5 Å². The van der Waals surface area contributed by atoms with Crippen LogP contribution >= 0.6 is 0 Å². The minimum atomic E-state index is -0.850. The minimum Gasteiger partial charge on any atom is -0.504 e. The molecule has 150 valence electrons. The van der Waals surface area contributed by atoms with Gasteiger partial charge in [-0.05, 0) is 42.1 Å². The third-order valence-corrected chi connectivity index (χ3v) is 4.00. The van der Waals surface area contributed by atoms with Crippen molar-refractivity contribution in [2.75, 3.05) is 0 Å². The molecule has 0 aliphatic carbocycles. The molecule has 0 fully saturated rings. The highest BCUT2D eigenvalue weighted by Gasteiger charge is 2.34. The first kappa shape index (κ1) is 19.7. The molecule has 10 nitrogen and oxygen atoms in total. The van der Waals surface area contributed by atoms with Gasteiger partial charge in [0.25, 0.3) is 0 Å². The normalized spacial score (nSPS) is 18.8. The minimum absolute atomic E-state index is 0.237. The molecule has 1 aliphatic rings. The van der Waals surface area contributed by atoms with E-state index in [9.17, 15) is 10.2 Å². The standard InChI is InChI=1S/C18H24N6O4/c19-17(20)23-6-5-9-1-4-13-14(7-9)27-15(16(28-13)24-18(21)22)10-2-3-11(25)12(26)8-10/h1-8,15-18,23-26H,19-22H2. The second kappa shape index (κ2) is 8.33. The average molecular weight is 388 g/mol. The van der Waals surface area contributed by atoms with Crippen molar-refractivity contribution >= 4 is 6.08 Å². The van der Waals surface area contributed by atoms with Crippen molar-refractivity contribution in [3.05, 3.63) is 53.7 Å². The number of nitrogens with two attached hydrogens (primary N) is 4. The van der Waals surface area contributed by atoms with Gasteiger partial charge in [0.2, 0.25) is 0 Å². The number of hydrogen-bond donors (Lipinski definition) is 8. The molecule has 2 aromatic rings. The third kappa shape index (κ3) is 4.63. The SMILES string of the molecule is NC(N)NC=Cc1ccc2c(c1)OC(c1ccc(O)c(O)c1)C(NC(N)N)O2. The van der Waals surface area contributed by atoms with E-state index in [1.807, 2.05) is 6.07 Å². The van der Waals surface area contributed by atoms with Gasteiger partial charge in [0.1, 0.15) is 12.6 Å². The number of rotatable bonds is 6. The molecule has 1 aliphatic heterocycles. The van der Waals surface area contributed by atoms with Crippen LogP contribution in [0.5, 0.6) is 23.0 Å². The van der Waals surface area contributed by atoms with Crippen molar-refractivity contribution in [3.8, 4) is 23.0 Å². The van der Waals surface area contributed by atoms with E-state index in [0.29, 0.717) is 17.1 Å².